The molecular weight excluding hydrogens is 374 g/mol. The molecule has 2 aliphatic rings. The first-order valence-corrected chi connectivity index (χ1v) is 9.96. The monoisotopic (exact) mass is 391 g/mol. The van der Waals surface area contributed by atoms with E-state index in [0.717, 1.165) is 17.0 Å². The number of thioether (sulfide) groups is 2. The predicted molar refractivity (Wildman–Crippen MR) is 100 cm³/mol. The van der Waals surface area contributed by atoms with Crippen LogP contribution in [-0.4, -0.2) is 33.3 Å². The molecule has 0 fully saturated rings. The molecule has 1 atom stereocenters. The molecule has 0 spiro atoms. The first kappa shape index (κ1) is 17.3. The Morgan fingerprint density at radius 2 is 2.23 bits per heavy atom. The van der Waals surface area contributed by atoms with Crippen molar-refractivity contribution in [2.24, 2.45) is 7.05 Å². The summed E-state index contributed by atoms with van der Waals surface area (Å²) >= 11 is 2.83. The van der Waals surface area contributed by atoms with Crippen LogP contribution in [0.1, 0.15) is 12.6 Å². The number of benzene rings is 1. The number of fused-ring (bicyclic) bond motifs is 2. The number of ether oxygens (including phenoxy) is 2. The van der Waals surface area contributed by atoms with Gasteiger partial charge in [0.25, 0.3) is 5.56 Å². The van der Waals surface area contributed by atoms with E-state index < -0.39 is 0 Å². The molecule has 7 nitrogen and oxygen atoms in total. The van der Waals surface area contributed by atoms with Crippen LogP contribution in [0, 0.1) is 0 Å². The third-order valence-corrected chi connectivity index (χ3v) is 6.31. The lowest BCUT2D eigenvalue weighted by Gasteiger charge is -2.09. The summed E-state index contributed by atoms with van der Waals surface area (Å²) in [6.45, 7) is 2.27. The van der Waals surface area contributed by atoms with Gasteiger partial charge in [-0.2, -0.15) is 0 Å². The van der Waals surface area contributed by atoms with Crippen molar-refractivity contribution in [1.29, 1.82) is 0 Å². The lowest BCUT2D eigenvalue weighted by Crippen LogP contribution is -2.23. The van der Waals surface area contributed by atoms with Crippen molar-refractivity contribution >= 4 is 35.1 Å². The van der Waals surface area contributed by atoms with Crippen LogP contribution < -0.4 is 20.3 Å². The van der Waals surface area contributed by atoms with Gasteiger partial charge in [-0.15, -0.1) is 11.8 Å². The van der Waals surface area contributed by atoms with E-state index in [1.165, 1.54) is 16.3 Å². The van der Waals surface area contributed by atoms with Crippen molar-refractivity contribution in [2.75, 3.05) is 17.9 Å². The standard InChI is InChI=1S/C17H17N3O4S2/c1-9-5-11-15(26-9)16(22)20(2)17(19-11)25-7-14(21)18-10-3-4-12-13(6-10)24-8-23-12/h3-4,6,9H,5,7-8H2,1-2H3,(H,18,21). The Balaban J connectivity index is 1.43. The van der Waals surface area contributed by atoms with Crippen LogP contribution in [0.2, 0.25) is 0 Å². The lowest BCUT2D eigenvalue weighted by atomic mass is 10.2. The van der Waals surface area contributed by atoms with Crippen molar-refractivity contribution in [2.45, 2.75) is 28.6 Å². The van der Waals surface area contributed by atoms with Gasteiger partial charge in [0.1, 0.15) is 0 Å². The number of amides is 1. The van der Waals surface area contributed by atoms with Crippen LogP contribution in [0.4, 0.5) is 5.69 Å². The normalized spacial score (nSPS) is 17.2. The van der Waals surface area contributed by atoms with Crippen molar-refractivity contribution in [3.8, 4) is 11.5 Å². The topological polar surface area (TPSA) is 82.4 Å². The Hall–Kier alpha value is -2.13. The van der Waals surface area contributed by atoms with E-state index in [4.69, 9.17) is 9.47 Å². The van der Waals surface area contributed by atoms with Gasteiger partial charge in [0.05, 0.1) is 16.3 Å². The Bertz CT molecular complexity index is 944. The minimum absolute atomic E-state index is 0.0389. The summed E-state index contributed by atoms with van der Waals surface area (Å²) in [5.41, 5.74) is 1.44. The molecule has 2 aromatic rings. The number of rotatable bonds is 4. The van der Waals surface area contributed by atoms with Gasteiger partial charge >= 0.3 is 0 Å². The van der Waals surface area contributed by atoms with Gasteiger partial charge in [0, 0.05) is 30.5 Å². The zero-order chi connectivity index (χ0) is 18.3. The second-order valence-electron chi connectivity index (χ2n) is 6.07. The maximum absolute atomic E-state index is 12.4. The fourth-order valence-electron chi connectivity index (χ4n) is 2.81. The molecule has 0 saturated carbocycles. The van der Waals surface area contributed by atoms with Crippen LogP contribution in [-0.2, 0) is 18.3 Å². The van der Waals surface area contributed by atoms with Gasteiger partial charge in [-0.3, -0.25) is 14.2 Å². The Morgan fingerprint density at radius 3 is 3.08 bits per heavy atom. The molecule has 26 heavy (non-hydrogen) atoms. The van der Waals surface area contributed by atoms with E-state index in [1.807, 2.05) is 0 Å². The zero-order valence-electron chi connectivity index (χ0n) is 14.3. The highest BCUT2D eigenvalue weighted by Crippen LogP contribution is 2.35. The molecule has 9 heteroatoms. The molecule has 1 unspecified atom stereocenters. The maximum Gasteiger partial charge on any atom is 0.267 e. The van der Waals surface area contributed by atoms with Crippen LogP contribution in [0.5, 0.6) is 11.5 Å². The molecule has 3 heterocycles. The third-order valence-electron chi connectivity index (χ3n) is 4.07. The molecule has 1 N–H and O–H groups in total. The van der Waals surface area contributed by atoms with Gasteiger partial charge in [-0.25, -0.2) is 4.98 Å². The smallest absolute Gasteiger partial charge is 0.267 e. The molecule has 1 aromatic heterocycles. The molecule has 1 amide bonds. The summed E-state index contributed by atoms with van der Waals surface area (Å²) in [6.07, 6.45) is 0.785. The number of hydrogen-bond acceptors (Lipinski definition) is 7. The highest BCUT2D eigenvalue weighted by atomic mass is 32.2. The fraction of sp³-hybridized carbons (Fsp3) is 0.353. The largest absolute Gasteiger partial charge is 0.454 e. The molecule has 0 saturated heterocycles. The van der Waals surface area contributed by atoms with E-state index in [2.05, 4.69) is 17.2 Å². The molecule has 0 radical (unpaired) electrons. The number of anilines is 1. The molecule has 4 rings (SSSR count). The number of aromatic nitrogens is 2. The Morgan fingerprint density at radius 1 is 1.42 bits per heavy atom. The number of carbonyl (C=O) groups excluding carboxylic acids is 1. The number of hydrogen-bond donors (Lipinski definition) is 1. The van der Waals surface area contributed by atoms with Gasteiger partial charge in [0.2, 0.25) is 12.7 Å². The Kier molecular flexibility index (Phi) is 4.58. The first-order valence-electron chi connectivity index (χ1n) is 8.10. The predicted octanol–water partition coefficient (Wildman–Crippen LogP) is 2.28. The average molecular weight is 391 g/mol. The molecule has 0 aliphatic carbocycles. The second-order valence-corrected chi connectivity index (χ2v) is 8.46. The summed E-state index contributed by atoms with van der Waals surface area (Å²) < 4.78 is 12.1. The quantitative estimate of drug-likeness (QED) is 0.632. The van der Waals surface area contributed by atoms with E-state index in [1.54, 1.807) is 37.0 Å². The maximum atomic E-state index is 12.4. The van der Waals surface area contributed by atoms with Crippen LogP contribution in [0.3, 0.4) is 0 Å². The van der Waals surface area contributed by atoms with E-state index in [-0.39, 0.29) is 24.0 Å². The molecule has 1 aromatic carbocycles. The van der Waals surface area contributed by atoms with Crippen LogP contribution in [0.25, 0.3) is 0 Å². The zero-order valence-corrected chi connectivity index (χ0v) is 15.9. The van der Waals surface area contributed by atoms with Crippen molar-refractivity contribution in [3.05, 3.63) is 34.2 Å². The second kappa shape index (κ2) is 6.88. The number of nitrogens with one attached hydrogen (secondary N) is 1. The molecule has 2 aliphatic heterocycles. The van der Waals surface area contributed by atoms with Gasteiger partial charge in [-0.05, 0) is 12.1 Å². The number of nitrogens with zero attached hydrogens (tertiary/aromatic N) is 2. The van der Waals surface area contributed by atoms with E-state index in [9.17, 15) is 9.59 Å². The SMILES string of the molecule is CC1Cc2nc(SCC(=O)Nc3ccc4c(c3)OCO4)n(C)c(=O)c2S1. The van der Waals surface area contributed by atoms with Crippen LogP contribution in [0.15, 0.2) is 33.0 Å². The number of carbonyl (C=O) groups is 1. The molecule has 0 bridgehead atoms. The molecular formula is C17H17N3O4S2. The van der Waals surface area contributed by atoms with E-state index >= 15 is 0 Å². The van der Waals surface area contributed by atoms with Crippen molar-refractivity contribution in [1.82, 2.24) is 9.55 Å². The molecule has 136 valence electrons. The summed E-state index contributed by atoms with van der Waals surface area (Å²) in [5, 5.41) is 3.74. The minimum atomic E-state index is -0.175. The minimum Gasteiger partial charge on any atom is -0.454 e. The fourth-order valence-corrected chi connectivity index (χ4v) is 4.74. The summed E-state index contributed by atoms with van der Waals surface area (Å²) in [6, 6.07) is 5.25. The highest BCUT2D eigenvalue weighted by molar-refractivity contribution is 8.00. The highest BCUT2D eigenvalue weighted by Gasteiger charge is 2.25. The summed E-state index contributed by atoms with van der Waals surface area (Å²) in [4.78, 5) is 30.0. The average Bonchev–Trinajstić information content (AvgIpc) is 3.22. The lowest BCUT2D eigenvalue weighted by molar-refractivity contribution is -0.113. The Labute approximate surface area is 158 Å². The van der Waals surface area contributed by atoms with Gasteiger partial charge < -0.3 is 14.8 Å². The summed E-state index contributed by atoms with van der Waals surface area (Å²) in [7, 11) is 1.69. The van der Waals surface area contributed by atoms with Crippen LogP contribution >= 0.6 is 23.5 Å². The third kappa shape index (κ3) is 3.28. The van der Waals surface area contributed by atoms with E-state index in [0.29, 0.717) is 27.6 Å². The van der Waals surface area contributed by atoms with Crippen molar-refractivity contribution < 1.29 is 14.3 Å². The van der Waals surface area contributed by atoms with Gasteiger partial charge in [0.15, 0.2) is 16.7 Å². The first-order chi connectivity index (χ1) is 12.5. The van der Waals surface area contributed by atoms with Gasteiger partial charge in [-0.1, -0.05) is 18.7 Å². The van der Waals surface area contributed by atoms with Crippen molar-refractivity contribution in [3.63, 3.8) is 0 Å². The summed E-state index contributed by atoms with van der Waals surface area (Å²) in [5.74, 6) is 1.27.